The summed E-state index contributed by atoms with van der Waals surface area (Å²) in [6.07, 6.45) is 1.25. The normalized spacial score (nSPS) is 15.4. The molecule has 1 aliphatic rings. The van der Waals surface area contributed by atoms with Crippen molar-refractivity contribution in [2.45, 2.75) is 17.9 Å². The van der Waals surface area contributed by atoms with Crippen LogP contribution in [0.3, 0.4) is 0 Å². The molecule has 2 heterocycles. The number of ether oxygens (including phenoxy) is 2. The Balaban J connectivity index is 1.46. The van der Waals surface area contributed by atoms with Crippen LogP contribution in [-0.2, 0) is 10.0 Å². The van der Waals surface area contributed by atoms with Crippen molar-refractivity contribution in [1.82, 2.24) is 4.98 Å². The van der Waals surface area contributed by atoms with E-state index < -0.39 is 10.0 Å². The minimum absolute atomic E-state index is 0.154. The summed E-state index contributed by atoms with van der Waals surface area (Å²) in [7, 11) is -1.81. The van der Waals surface area contributed by atoms with E-state index >= 15 is 0 Å². The molecule has 1 aromatic heterocycles. The summed E-state index contributed by atoms with van der Waals surface area (Å²) in [5.41, 5.74) is 0.626. The molecule has 0 radical (unpaired) electrons. The lowest BCUT2D eigenvalue weighted by atomic mass is 10.2. The van der Waals surface area contributed by atoms with Crippen LogP contribution in [0.1, 0.15) is 6.92 Å². The van der Waals surface area contributed by atoms with Crippen molar-refractivity contribution in [1.29, 1.82) is 0 Å². The van der Waals surface area contributed by atoms with Gasteiger partial charge >= 0.3 is 0 Å². The number of anilines is 2. The molecule has 0 spiro atoms. The van der Waals surface area contributed by atoms with Crippen molar-refractivity contribution in [2.75, 3.05) is 35.9 Å². The summed E-state index contributed by atoms with van der Waals surface area (Å²) < 4.78 is 39.4. The van der Waals surface area contributed by atoms with E-state index in [4.69, 9.17) is 9.47 Å². The molecule has 0 aliphatic carbocycles. The maximum absolute atomic E-state index is 13.1. The van der Waals surface area contributed by atoms with Crippen LogP contribution in [0.25, 0.3) is 0 Å². The second-order valence-electron chi connectivity index (χ2n) is 7.24. The van der Waals surface area contributed by atoms with Gasteiger partial charge in [0.1, 0.15) is 17.3 Å². The molecule has 162 valence electrons. The molecule has 1 atom stereocenters. The fourth-order valence-electron chi connectivity index (χ4n) is 3.52. The van der Waals surface area contributed by atoms with Gasteiger partial charge < -0.3 is 14.4 Å². The average molecular weight is 440 g/mol. The molecule has 0 saturated heterocycles. The van der Waals surface area contributed by atoms with Crippen LogP contribution in [0.4, 0.5) is 11.5 Å². The molecule has 0 fully saturated rings. The van der Waals surface area contributed by atoms with Crippen molar-refractivity contribution >= 4 is 21.5 Å². The molecule has 0 unspecified atom stereocenters. The number of nitrogens with zero attached hydrogens (tertiary/aromatic N) is 3. The molecule has 31 heavy (non-hydrogen) atoms. The van der Waals surface area contributed by atoms with E-state index in [0.717, 1.165) is 11.5 Å². The molecule has 2 aromatic carbocycles. The predicted octanol–water partition coefficient (Wildman–Crippen LogP) is 3.57. The number of hydrogen-bond acceptors (Lipinski definition) is 6. The topological polar surface area (TPSA) is 72.0 Å². The lowest BCUT2D eigenvalue weighted by Gasteiger charge is -2.30. The SMILES string of the molecule is CCN(c1ccccc1)S(=O)(=O)c1ccc(N(C)C[C@H]2COc3ccccc3O2)nc1. The highest BCUT2D eigenvalue weighted by molar-refractivity contribution is 7.92. The molecule has 0 amide bonds. The zero-order chi connectivity index (χ0) is 21.8. The Morgan fingerprint density at radius 1 is 1.00 bits per heavy atom. The largest absolute Gasteiger partial charge is 0.486 e. The van der Waals surface area contributed by atoms with Crippen LogP contribution in [0.5, 0.6) is 11.5 Å². The minimum atomic E-state index is -3.70. The summed E-state index contributed by atoms with van der Waals surface area (Å²) in [4.78, 5) is 6.47. The van der Waals surface area contributed by atoms with Crippen LogP contribution in [0.2, 0.25) is 0 Å². The Hall–Kier alpha value is -3.26. The third kappa shape index (κ3) is 4.44. The number of fused-ring (bicyclic) bond motifs is 1. The molecule has 0 N–H and O–H groups in total. The van der Waals surface area contributed by atoms with Gasteiger partial charge in [0.05, 0.1) is 12.2 Å². The third-order valence-corrected chi connectivity index (χ3v) is 6.96. The minimum Gasteiger partial charge on any atom is -0.486 e. The number of benzene rings is 2. The van der Waals surface area contributed by atoms with E-state index in [9.17, 15) is 8.42 Å². The molecule has 0 bridgehead atoms. The lowest BCUT2D eigenvalue weighted by Crippen LogP contribution is -2.39. The molecule has 1 aliphatic heterocycles. The van der Waals surface area contributed by atoms with Crippen LogP contribution >= 0.6 is 0 Å². The highest BCUT2D eigenvalue weighted by Gasteiger charge is 2.25. The first-order valence-corrected chi connectivity index (χ1v) is 11.6. The van der Waals surface area contributed by atoms with E-state index in [1.54, 1.807) is 24.3 Å². The number of hydrogen-bond donors (Lipinski definition) is 0. The predicted molar refractivity (Wildman–Crippen MR) is 121 cm³/mol. The maximum Gasteiger partial charge on any atom is 0.265 e. The van der Waals surface area contributed by atoms with E-state index in [1.165, 1.54) is 10.5 Å². The first kappa shape index (κ1) is 21.0. The average Bonchev–Trinajstić information content (AvgIpc) is 2.80. The summed E-state index contributed by atoms with van der Waals surface area (Å²) >= 11 is 0. The summed E-state index contributed by atoms with van der Waals surface area (Å²) in [6.45, 7) is 3.13. The zero-order valence-electron chi connectivity index (χ0n) is 17.5. The fraction of sp³-hybridized carbons (Fsp3) is 0.261. The van der Waals surface area contributed by atoms with E-state index in [-0.39, 0.29) is 11.0 Å². The molecule has 0 saturated carbocycles. The smallest absolute Gasteiger partial charge is 0.265 e. The van der Waals surface area contributed by atoms with Gasteiger partial charge in [0, 0.05) is 19.8 Å². The van der Waals surface area contributed by atoms with Crippen molar-refractivity contribution in [3.63, 3.8) is 0 Å². The van der Waals surface area contributed by atoms with Crippen molar-refractivity contribution in [3.8, 4) is 11.5 Å². The first-order chi connectivity index (χ1) is 15.0. The number of rotatable bonds is 7. The molecular formula is C23H25N3O4S. The van der Waals surface area contributed by atoms with Gasteiger partial charge in [0.25, 0.3) is 10.0 Å². The Bertz CT molecular complexity index is 1120. The Labute approximate surface area is 182 Å². The van der Waals surface area contributed by atoms with Gasteiger partial charge in [0.2, 0.25) is 0 Å². The van der Waals surface area contributed by atoms with Gasteiger partial charge in [-0.2, -0.15) is 0 Å². The van der Waals surface area contributed by atoms with Gasteiger partial charge in [-0.25, -0.2) is 13.4 Å². The van der Waals surface area contributed by atoms with Crippen LogP contribution < -0.4 is 18.7 Å². The van der Waals surface area contributed by atoms with Gasteiger partial charge in [-0.05, 0) is 43.3 Å². The first-order valence-electron chi connectivity index (χ1n) is 10.1. The summed E-state index contributed by atoms with van der Waals surface area (Å²) in [5.74, 6) is 2.12. The number of likely N-dealkylation sites (N-methyl/N-ethyl adjacent to an activating group) is 1. The third-order valence-electron chi connectivity index (χ3n) is 5.08. The Morgan fingerprint density at radius 3 is 2.39 bits per heavy atom. The van der Waals surface area contributed by atoms with Crippen LogP contribution in [-0.4, -0.2) is 46.2 Å². The molecule has 7 nitrogen and oxygen atoms in total. The second kappa shape index (κ2) is 8.85. The standard InChI is InChI=1S/C23H25N3O4S/c1-3-26(18-9-5-4-6-10-18)31(27,28)20-13-14-23(24-15-20)25(2)16-19-17-29-21-11-7-8-12-22(21)30-19/h4-15,19H,3,16-17H2,1-2H3/t19-/m0/s1. The number of para-hydroxylation sites is 3. The number of sulfonamides is 1. The second-order valence-corrected chi connectivity index (χ2v) is 9.10. The zero-order valence-corrected chi connectivity index (χ0v) is 18.3. The quantitative estimate of drug-likeness (QED) is 0.560. The van der Waals surface area contributed by atoms with Gasteiger partial charge in [-0.15, -0.1) is 0 Å². The van der Waals surface area contributed by atoms with Crippen molar-refractivity contribution in [3.05, 3.63) is 72.9 Å². The monoisotopic (exact) mass is 439 g/mol. The Kier molecular flexibility index (Phi) is 5.99. The highest BCUT2D eigenvalue weighted by Crippen LogP contribution is 2.31. The lowest BCUT2D eigenvalue weighted by molar-refractivity contribution is 0.0959. The fourth-order valence-corrected chi connectivity index (χ4v) is 4.94. The summed E-state index contributed by atoms with van der Waals surface area (Å²) in [5, 5.41) is 0. The molecular weight excluding hydrogens is 414 g/mol. The van der Waals surface area contributed by atoms with Crippen LogP contribution in [0, 0.1) is 0 Å². The Morgan fingerprint density at radius 2 is 1.71 bits per heavy atom. The number of aromatic nitrogens is 1. The maximum atomic E-state index is 13.1. The summed E-state index contributed by atoms with van der Waals surface area (Å²) in [6, 6.07) is 19.9. The van der Waals surface area contributed by atoms with Crippen molar-refractivity contribution < 1.29 is 17.9 Å². The van der Waals surface area contributed by atoms with Gasteiger partial charge in [0.15, 0.2) is 17.6 Å². The van der Waals surface area contributed by atoms with Gasteiger partial charge in [-0.3, -0.25) is 4.31 Å². The highest BCUT2D eigenvalue weighted by atomic mass is 32.2. The number of pyridine rings is 1. The van der Waals surface area contributed by atoms with E-state index in [1.807, 2.05) is 61.3 Å². The van der Waals surface area contributed by atoms with Gasteiger partial charge in [-0.1, -0.05) is 30.3 Å². The molecule has 3 aromatic rings. The molecule has 8 heteroatoms. The van der Waals surface area contributed by atoms with E-state index in [2.05, 4.69) is 4.98 Å². The van der Waals surface area contributed by atoms with E-state index in [0.29, 0.717) is 31.2 Å². The molecule has 4 rings (SSSR count). The van der Waals surface area contributed by atoms with Crippen molar-refractivity contribution in [2.24, 2.45) is 0 Å². The van der Waals surface area contributed by atoms with Crippen LogP contribution in [0.15, 0.2) is 77.8 Å².